The lowest BCUT2D eigenvalue weighted by atomic mass is 10.3. The molecular formula is C10H7FN4S. The number of hydrogen-bond donors (Lipinski definition) is 0. The summed E-state index contributed by atoms with van der Waals surface area (Å²) in [4.78, 5) is 4.67. The fourth-order valence-electron chi connectivity index (χ4n) is 1.46. The van der Waals surface area contributed by atoms with Gasteiger partial charge in [0.2, 0.25) is 0 Å². The van der Waals surface area contributed by atoms with Gasteiger partial charge in [0, 0.05) is 24.3 Å². The summed E-state index contributed by atoms with van der Waals surface area (Å²) in [5.74, 6) is 0.209. The SMILES string of the molecule is FN1C(n2ccnc2)=NSc2ccccc21. The zero-order chi connectivity index (χ0) is 11.0. The van der Waals surface area contributed by atoms with Crippen LogP contribution in [0.15, 0.2) is 52.3 Å². The van der Waals surface area contributed by atoms with Crippen molar-refractivity contribution in [2.45, 2.75) is 4.90 Å². The molecule has 2 aromatic rings. The fourth-order valence-corrected chi connectivity index (χ4v) is 2.18. The van der Waals surface area contributed by atoms with Crippen molar-refractivity contribution in [2.75, 3.05) is 5.12 Å². The summed E-state index contributed by atoms with van der Waals surface area (Å²) in [6.45, 7) is 0. The molecule has 16 heavy (non-hydrogen) atoms. The Morgan fingerprint density at radius 2 is 2.12 bits per heavy atom. The van der Waals surface area contributed by atoms with Crippen LogP contribution in [0.25, 0.3) is 0 Å². The molecule has 1 aromatic heterocycles. The van der Waals surface area contributed by atoms with Gasteiger partial charge in [-0.25, -0.2) is 4.98 Å². The summed E-state index contributed by atoms with van der Waals surface area (Å²) in [5.41, 5.74) is 0.506. The van der Waals surface area contributed by atoms with Crippen LogP contribution in [0.1, 0.15) is 0 Å². The van der Waals surface area contributed by atoms with Crippen molar-refractivity contribution in [1.29, 1.82) is 0 Å². The van der Waals surface area contributed by atoms with Crippen LogP contribution in [0.5, 0.6) is 0 Å². The lowest BCUT2D eigenvalue weighted by Gasteiger charge is -2.21. The first-order valence-electron chi connectivity index (χ1n) is 4.64. The highest BCUT2D eigenvalue weighted by atomic mass is 32.2. The van der Waals surface area contributed by atoms with Gasteiger partial charge in [-0.2, -0.15) is 4.40 Å². The van der Waals surface area contributed by atoms with E-state index >= 15 is 0 Å². The van der Waals surface area contributed by atoms with Crippen LogP contribution >= 0.6 is 11.9 Å². The molecule has 1 aliphatic heterocycles. The van der Waals surface area contributed by atoms with Crippen molar-refractivity contribution in [3.8, 4) is 0 Å². The summed E-state index contributed by atoms with van der Waals surface area (Å²) in [6, 6.07) is 7.20. The molecule has 0 saturated carbocycles. The number of halogens is 1. The molecule has 1 aliphatic rings. The van der Waals surface area contributed by atoms with E-state index in [-0.39, 0.29) is 5.96 Å². The van der Waals surface area contributed by atoms with Gasteiger partial charge in [-0.3, -0.25) is 4.57 Å². The van der Waals surface area contributed by atoms with Crippen molar-refractivity contribution in [3.05, 3.63) is 43.0 Å². The van der Waals surface area contributed by atoms with Crippen molar-refractivity contribution < 1.29 is 4.48 Å². The molecule has 0 atom stereocenters. The van der Waals surface area contributed by atoms with Crippen LogP contribution in [-0.2, 0) is 0 Å². The van der Waals surface area contributed by atoms with Gasteiger partial charge in [0.1, 0.15) is 6.33 Å². The second kappa shape index (κ2) is 3.64. The summed E-state index contributed by atoms with van der Waals surface area (Å²) in [6.07, 6.45) is 4.75. The Balaban J connectivity index is 2.05. The number of nitrogens with zero attached hydrogens (tertiary/aromatic N) is 4. The lowest BCUT2D eigenvalue weighted by molar-refractivity contribution is 0.508. The normalized spacial score (nSPS) is 14.6. The monoisotopic (exact) mass is 234 g/mol. The van der Waals surface area contributed by atoms with Crippen LogP contribution < -0.4 is 5.12 Å². The van der Waals surface area contributed by atoms with E-state index < -0.39 is 0 Å². The topological polar surface area (TPSA) is 33.4 Å². The van der Waals surface area contributed by atoms with Crippen LogP contribution in [0, 0.1) is 0 Å². The Morgan fingerprint density at radius 1 is 1.25 bits per heavy atom. The second-order valence-electron chi connectivity index (χ2n) is 3.20. The average Bonchev–Trinajstić information content (AvgIpc) is 2.83. The summed E-state index contributed by atoms with van der Waals surface area (Å²) in [7, 11) is 0. The maximum atomic E-state index is 14.0. The van der Waals surface area contributed by atoms with Crippen LogP contribution in [0.2, 0.25) is 0 Å². The third kappa shape index (κ3) is 1.38. The standard InChI is InChI=1S/C10H7FN4S/c11-15-8-3-1-2-4-9(8)16-13-10(15)14-6-5-12-7-14/h1-7H. The highest BCUT2D eigenvalue weighted by molar-refractivity contribution is 7.98. The van der Waals surface area contributed by atoms with Gasteiger partial charge >= 0.3 is 0 Å². The Kier molecular flexibility index (Phi) is 2.14. The van der Waals surface area contributed by atoms with E-state index in [9.17, 15) is 4.48 Å². The van der Waals surface area contributed by atoms with E-state index in [0.717, 1.165) is 4.90 Å². The number of imidazole rings is 1. The number of benzene rings is 1. The first-order valence-corrected chi connectivity index (χ1v) is 5.42. The Bertz CT molecular complexity index is 538. The number of para-hydroxylation sites is 1. The molecule has 0 radical (unpaired) electrons. The summed E-state index contributed by atoms with van der Waals surface area (Å²) < 4.78 is 19.7. The highest BCUT2D eigenvalue weighted by Gasteiger charge is 2.22. The quantitative estimate of drug-likeness (QED) is 0.518. The average molecular weight is 234 g/mol. The largest absolute Gasteiger partial charge is 0.273 e. The van der Waals surface area contributed by atoms with Gasteiger partial charge in [-0.05, 0) is 12.1 Å². The number of aromatic nitrogens is 2. The van der Waals surface area contributed by atoms with Gasteiger partial charge in [-0.1, -0.05) is 16.6 Å². The molecule has 6 heteroatoms. The highest BCUT2D eigenvalue weighted by Crippen LogP contribution is 2.35. The van der Waals surface area contributed by atoms with Crippen molar-refractivity contribution in [3.63, 3.8) is 0 Å². The molecule has 80 valence electrons. The molecule has 3 rings (SSSR count). The van der Waals surface area contributed by atoms with E-state index in [4.69, 9.17) is 0 Å². The minimum absolute atomic E-state index is 0.209. The van der Waals surface area contributed by atoms with E-state index in [1.165, 1.54) is 22.8 Å². The van der Waals surface area contributed by atoms with Gasteiger partial charge in [-0.15, -0.1) is 5.12 Å². The number of rotatable bonds is 0. The molecule has 0 unspecified atom stereocenters. The molecule has 0 spiro atoms. The third-order valence-electron chi connectivity index (χ3n) is 2.21. The van der Waals surface area contributed by atoms with E-state index in [1.807, 2.05) is 12.1 Å². The molecule has 0 fully saturated rings. The zero-order valence-corrected chi connectivity index (χ0v) is 8.93. The first-order chi connectivity index (χ1) is 7.86. The Morgan fingerprint density at radius 3 is 2.94 bits per heavy atom. The minimum atomic E-state index is 0.209. The molecule has 0 N–H and O–H groups in total. The third-order valence-corrected chi connectivity index (χ3v) is 3.01. The van der Waals surface area contributed by atoms with Gasteiger partial charge < -0.3 is 0 Å². The number of fused-ring (bicyclic) bond motifs is 1. The first kappa shape index (κ1) is 9.41. The second-order valence-corrected chi connectivity index (χ2v) is 4.01. The molecule has 0 amide bonds. The van der Waals surface area contributed by atoms with Crippen LogP contribution in [-0.4, -0.2) is 15.5 Å². The van der Waals surface area contributed by atoms with Crippen molar-refractivity contribution in [1.82, 2.24) is 9.55 Å². The van der Waals surface area contributed by atoms with Gasteiger partial charge in [0.25, 0.3) is 5.96 Å². The Hall–Kier alpha value is -1.82. The summed E-state index contributed by atoms with van der Waals surface area (Å²) >= 11 is 1.26. The molecule has 0 aliphatic carbocycles. The van der Waals surface area contributed by atoms with Crippen LogP contribution in [0.4, 0.5) is 10.2 Å². The van der Waals surface area contributed by atoms with E-state index in [0.29, 0.717) is 10.8 Å². The predicted molar refractivity (Wildman–Crippen MR) is 60.9 cm³/mol. The smallest absolute Gasteiger partial charge is 0.251 e. The number of hydrogen-bond acceptors (Lipinski definition) is 4. The predicted octanol–water partition coefficient (Wildman–Crippen LogP) is 2.50. The van der Waals surface area contributed by atoms with E-state index in [2.05, 4.69) is 9.38 Å². The molecule has 1 aromatic carbocycles. The maximum Gasteiger partial charge on any atom is 0.251 e. The Labute approximate surface area is 95.5 Å². The molecule has 0 saturated heterocycles. The summed E-state index contributed by atoms with van der Waals surface area (Å²) in [5, 5.41) is 0.563. The van der Waals surface area contributed by atoms with E-state index in [1.54, 1.807) is 24.5 Å². The lowest BCUT2D eigenvalue weighted by Crippen LogP contribution is -2.30. The van der Waals surface area contributed by atoms with Crippen molar-refractivity contribution in [2.24, 2.45) is 4.40 Å². The molecule has 2 heterocycles. The van der Waals surface area contributed by atoms with Gasteiger partial charge in [0.05, 0.1) is 10.6 Å². The fraction of sp³-hybridized carbons (Fsp3) is 0. The minimum Gasteiger partial charge on any atom is -0.273 e. The molecule has 0 bridgehead atoms. The zero-order valence-electron chi connectivity index (χ0n) is 8.12. The molecular weight excluding hydrogens is 227 g/mol. The number of anilines is 1. The maximum absolute atomic E-state index is 14.0. The van der Waals surface area contributed by atoms with Crippen LogP contribution in [0.3, 0.4) is 0 Å². The molecule has 4 nitrogen and oxygen atoms in total. The van der Waals surface area contributed by atoms with Crippen molar-refractivity contribution >= 4 is 23.6 Å². The van der Waals surface area contributed by atoms with Gasteiger partial charge in [0.15, 0.2) is 0 Å².